The highest BCUT2D eigenvalue weighted by atomic mass is 19.4. The Hall–Kier alpha value is -2.58. The van der Waals surface area contributed by atoms with Crippen molar-refractivity contribution < 1.29 is 18.0 Å². The second-order valence-electron chi connectivity index (χ2n) is 5.53. The van der Waals surface area contributed by atoms with Crippen LogP contribution in [0.5, 0.6) is 0 Å². The van der Waals surface area contributed by atoms with E-state index in [1.807, 2.05) is 0 Å². The molecule has 1 aromatic heterocycles. The molecule has 1 aromatic carbocycles. The number of halogens is 3. The Bertz CT molecular complexity index is 871. The first-order chi connectivity index (χ1) is 11.7. The topological polar surface area (TPSA) is 75.2 Å². The van der Waals surface area contributed by atoms with E-state index in [-0.39, 0.29) is 30.3 Å². The third-order valence-electron chi connectivity index (χ3n) is 3.83. The minimum Gasteiger partial charge on any atom is -0.343 e. The maximum Gasteiger partial charge on any atom is 0.390 e. The maximum atomic E-state index is 12.3. The van der Waals surface area contributed by atoms with E-state index in [1.54, 1.807) is 19.1 Å². The van der Waals surface area contributed by atoms with E-state index in [9.17, 15) is 27.6 Å². The van der Waals surface area contributed by atoms with Gasteiger partial charge < -0.3 is 4.90 Å². The molecule has 1 N–H and O–H groups in total. The van der Waals surface area contributed by atoms with Gasteiger partial charge in [0.05, 0.1) is 23.7 Å². The molecule has 2 aromatic rings. The molecule has 0 unspecified atom stereocenters. The summed E-state index contributed by atoms with van der Waals surface area (Å²) in [5.74, 6) is -0.507. The lowest BCUT2D eigenvalue weighted by atomic mass is 10.2. The molecule has 1 amide bonds. The van der Waals surface area contributed by atoms with E-state index >= 15 is 0 Å². The van der Waals surface area contributed by atoms with Crippen LogP contribution in [-0.2, 0) is 11.3 Å². The van der Waals surface area contributed by atoms with Gasteiger partial charge >= 0.3 is 6.18 Å². The molecule has 6 nitrogen and oxygen atoms in total. The van der Waals surface area contributed by atoms with Gasteiger partial charge in [-0.05, 0) is 19.1 Å². The summed E-state index contributed by atoms with van der Waals surface area (Å²) in [6.07, 6.45) is -5.60. The number of nitrogens with zero attached hydrogens (tertiary/aromatic N) is 2. The Morgan fingerprint density at radius 1 is 1.20 bits per heavy atom. The van der Waals surface area contributed by atoms with Crippen molar-refractivity contribution in [3.8, 4) is 0 Å². The van der Waals surface area contributed by atoms with Crippen molar-refractivity contribution in [2.75, 3.05) is 13.1 Å². The first-order valence-corrected chi connectivity index (χ1v) is 7.79. The van der Waals surface area contributed by atoms with Gasteiger partial charge in [0.15, 0.2) is 0 Å². The third kappa shape index (κ3) is 4.71. The Morgan fingerprint density at radius 2 is 1.84 bits per heavy atom. The van der Waals surface area contributed by atoms with Crippen LogP contribution in [0.15, 0.2) is 33.9 Å². The van der Waals surface area contributed by atoms with Crippen LogP contribution in [0.25, 0.3) is 10.8 Å². The smallest absolute Gasteiger partial charge is 0.343 e. The van der Waals surface area contributed by atoms with E-state index in [1.165, 1.54) is 12.1 Å². The van der Waals surface area contributed by atoms with E-state index in [4.69, 9.17) is 0 Å². The Balaban J connectivity index is 2.11. The summed E-state index contributed by atoms with van der Waals surface area (Å²) < 4.78 is 37.9. The number of aryl methyl sites for hydroxylation is 1. The standard InChI is InChI=1S/C16H18F3N3O3/c1-2-21(10-8-16(17,18)19)13(23)7-9-22-15(25)12-6-4-3-5-11(12)14(24)20-22/h3-6H,2,7-10H2,1H3,(H,20,24). The first kappa shape index (κ1) is 18.8. The summed E-state index contributed by atoms with van der Waals surface area (Å²) in [4.78, 5) is 37.4. The molecular formula is C16H18F3N3O3. The molecule has 0 aliphatic rings. The molecule has 0 saturated heterocycles. The predicted molar refractivity (Wildman–Crippen MR) is 86.4 cm³/mol. The Morgan fingerprint density at radius 3 is 2.44 bits per heavy atom. The number of fused-ring (bicyclic) bond motifs is 1. The summed E-state index contributed by atoms with van der Waals surface area (Å²) >= 11 is 0. The van der Waals surface area contributed by atoms with Crippen LogP contribution in [0.1, 0.15) is 19.8 Å². The van der Waals surface area contributed by atoms with Gasteiger partial charge in [-0.1, -0.05) is 12.1 Å². The molecule has 2 rings (SSSR count). The number of carbonyl (C=O) groups is 1. The van der Waals surface area contributed by atoms with Crippen molar-refractivity contribution in [2.45, 2.75) is 32.5 Å². The quantitative estimate of drug-likeness (QED) is 0.858. The van der Waals surface area contributed by atoms with Gasteiger partial charge in [0.1, 0.15) is 0 Å². The molecule has 0 radical (unpaired) electrons. The highest BCUT2D eigenvalue weighted by molar-refractivity contribution is 5.80. The van der Waals surface area contributed by atoms with Crippen molar-refractivity contribution in [3.63, 3.8) is 0 Å². The van der Waals surface area contributed by atoms with Crippen molar-refractivity contribution in [1.82, 2.24) is 14.7 Å². The zero-order valence-electron chi connectivity index (χ0n) is 13.6. The lowest BCUT2D eigenvalue weighted by Gasteiger charge is -2.21. The molecular weight excluding hydrogens is 339 g/mol. The zero-order valence-corrected chi connectivity index (χ0v) is 13.6. The monoisotopic (exact) mass is 357 g/mol. The number of hydrogen-bond donors (Lipinski definition) is 1. The van der Waals surface area contributed by atoms with E-state index in [0.717, 1.165) is 9.58 Å². The van der Waals surface area contributed by atoms with Gasteiger partial charge in [-0.25, -0.2) is 4.68 Å². The van der Waals surface area contributed by atoms with Crippen molar-refractivity contribution in [3.05, 3.63) is 45.0 Å². The highest BCUT2D eigenvalue weighted by Crippen LogP contribution is 2.19. The molecule has 0 saturated carbocycles. The van der Waals surface area contributed by atoms with Crippen molar-refractivity contribution in [2.24, 2.45) is 0 Å². The summed E-state index contributed by atoms with van der Waals surface area (Å²) in [6.45, 7) is 1.18. The van der Waals surface area contributed by atoms with Crippen LogP contribution < -0.4 is 11.1 Å². The van der Waals surface area contributed by atoms with Gasteiger partial charge in [-0.2, -0.15) is 13.2 Å². The minimum atomic E-state index is -4.34. The second-order valence-corrected chi connectivity index (χ2v) is 5.53. The van der Waals surface area contributed by atoms with Crippen molar-refractivity contribution in [1.29, 1.82) is 0 Å². The fourth-order valence-corrected chi connectivity index (χ4v) is 2.49. The third-order valence-corrected chi connectivity index (χ3v) is 3.83. The number of nitrogens with one attached hydrogen (secondary N) is 1. The fourth-order valence-electron chi connectivity index (χ4n) is 2.49. The Kier molecular flexibility index (Phi) is 5.66. The van der Waals surface area contributed by atoms with Gasteiger partial charge in [0, 0.05) is 19.5 Å². The zero-order chi connectivity index (χ0) is 18.6. The summed E-state index contributed by atoms with van der Waals surface area (Å²) in [7, 11) is 0. The van der Waals surface area contributed by atoms with Crippen LogP contribution in [0.4, 0.5) is 13.2 Å². The first-order valence-electron chi connectivity index (χ1n) is 7.79. The number of alkyl halides is 3. The molecule has 9 heteroatoms. The molecule has 0 bridgehead atoms. The van der Waals surface area contributed by atoms with E-state index < -0.39 is 36.2 Å². The lowest BCUT2D eigenvalue weighted by molar-refractivity contribution is -0.145. The van der Waals surface area contributed by atoms with Crippen molar-refractivity contribution >= 4 is 16.7 Å². The number of amides is 1. The predicted octanol–water partition coefficient (Wildman–Crippen LogP) is 1.88. The lowest BCUT2D eigenvalue weighted by Crippen LogP contribution is -2.36. The molecule has 0 atom stereocenters. The molecule has 25 heavy (non-hydrogen) atoms. The summed E-state index contributed by atoms with van der Waals surface area (Å²) in [5.41, 5.74) is -0.923. The number of hydrogen-bond acceptors (Lipinski definition) is 3. The number of rotatable bonds is 6. The summed E-state index contributed by atoms with van der Waals surface area (Å²) in [5, 5.41) is 2.86. The van der Waals surface area contributed by atoms with Gasteiger partial charge in [-0.15, -0.1) is 0 Å². The van der Waals surface area contributed by atoms with Crippen LogP contribution in [0, 0.1) is 0 Å². The van der Waals surface area contributed by atoms with Gasteiger partial charge in [0.2, 0.25) is 5.91 Å². The van der Waals surface area contributed by atoms with Gasteiger partial charge in [-0.3, -0.25) is 19.5 Å². The average Bonchev–Trinajstić information content (AvgIpc) is 2.56. The normalized spacial score (nSPS) is 11.7. The summed E-state index contributed by atoms with van der Waals surface area (Å²) in [6, 6.07) is 6.27. The van der Waals surface area contributed by atoms with Crippen LogP contribution in [-0.4, -0.2) is 39.9 Å². The highest BCUT2D eigenvalue weighted by Gasteiger charge is 2.28. The van der Waals surface area contributed by atoms with Crippen LogP contribution in [0.2, 0.25) is 0 Å². The molecule has 1 heterocycles. The molecule has 0 aliphatic carbocycles. The van der Waals surface area contributed by atoms with E-state index in [0.29, 0.717) is 0 Å². The number of aromatic nitrogens is 2. The molecule has 0 spiro atoms. The van der Waals surface area contributed by atoms with Gasteiger partial charge in [0.25, 0.3) is 11.1 Å². The largest absolute Gasteiger partial charge is 0.390 e. The fraction of sp³-hybridized carbons (Fsp3) is 0.438. The number of benzene rings is 1. The molecule has 136 valence electrons. The molecule has 0 fully saturated rings. The molecule has 0 aliphatic heterocycles. The number of carbonyl (C=O) groups excluding carboxylic acids is 1. The van der Waals surface area contributed by atoms with E-state index in [2.05, 4.69) is 5.10 Å². The number of aromatic amines is 1. The second kappa shape index (κ2) is 7.54. The SMILES string of the molecule is CCN(CCC(F)(F)F)C(=O)CCn1[nH]c(=O)c2ccccc2c1=O. The van der Waals surface area contributed by atoms with Crippen LogP contribution >= 0.6 is 0 Å². The average molecular weight is 357 g/mol. The maximum absolute atomic E-state index is 12.3. The minimum absolute atomic E-state index is 0.111. The van der Waals surface area contributed by atoms with Crippen LogP contribution in [0.3, 0.4) is 0 Å². The number of H-pyrrole nitrogens is 1. The Labute approximate surface area is 140 Å².